The summed E-state index contributed by atoms with van der Waals surface area (Å²) in [7, 11) is 0. The number of hydrogen-bond acceptors (Lipinski definition) is 1. The molecule has 0 saturated heterocycles. The fraction of sp³-hybridized carbons (Fsp3) is 0.650. The Kier molecular flexibility index (Phi) is 4.08. The van der Waals surface area contributed by atoms with E-state index in [1.165, 1.54) is 44.1 Å². The summed E-state index contributed by atoms with van der Waals surface area (Å²) in [5.74, 6) is 3.01. The van der Waals surface area contributed by atoms with Crippen LogP contribution in [0.25, 0.3) is 0 Å². The van der Waals surface area contributed by atoms with Gasteiger partial charge in [-0.15, -0.1) is 0 Å². The molecule has 2 nitrogen and oxygen atoms in total. The Hall–Kier alpha value is -1.09. The first-order valence-electron chi connectivity index (χ1n) is 9.28. The Morgan fingerprint density at radius 1 is 1.09 bits per heavy atom. The van der Waals surface area contributed by atoms with Crippen molar-refractivity contribution in [2.24, 2.45) is 23.2 Å². The zero-order valence-electron chi connectivity index (χ0n) is 14.1. The van der Waals surface area contributed by atoms with Crippen LogP contribution in [0.4, 0.5) is 5.69 Å². The maximum atomic E-state index is 5.58. The Balaban J connectivity index is 1.37. The third kappa shape index (κ3) is 3.13. The molecule has 0 heterocycles. The molecule has 0 radical (unpaired) electrons. The highest BCUT2D eigenvalue weighted by atomic mass is 32.1. The predicted molar refractivity (Wildman–Crippen MR) is 101 cm³/mol. The van der Waals surface area contributed by atoms with E-state index in [9.17, 15) is 0 Å². The number of aryl methyl sites for hydroxylation is 1. The Labute approximate surface area is 145 Å². The minimum atomic E-state index is 0.533. The normalized spacial score (nSPS) is 34.4. The lowest BCUT2D eigenvalue weighted by atomic mass is 9.49. The third-order valence-electron chi connectivity index (χ3n) is 6.44. The first kappa shape index (κ1) is 15.4. The van der Waals surface area contributed by atoms with Crippen LogP contribution >= 0.6 is 12.2 Å². The van der Waals surface area contributed by atoms with E-state index in [4.69, 9.17) is 12.2 Å². The van der Waals surface area contributed by atoms with Crippen molar-refractivity contribution in [1.82, 2.24) is 5.32 Å². The summed E-state index contributed by atoms with van der Waals surface area (Å²) in [6, 6.07) is 8.46. The average molecular weight is 329 g/mol. The second-order valence-corrected chi connectivity index (χ2v) is 8.64. The zero-order valence-corrected chi connectivity index (χ0v) is 14.9. The second kappa shape index (κ2) is 6.08. The number of rotatable bonds is 4. The molecule has 0 amide bonds. The lowest BCUT2D eigenvalue weighted by Gasteiger charge is -2.57. The monoisotopic (exact) mass is 328 g/mol. The molecule has 4 bridgehead atoms. The van der Waals surface area contributed by atoms with Crippen molar-refractivity contribution in [3.05, 3.63) is 29.8 Å². The number of anilines is 1. The van der Waals surface area contributed by atoms with Crippen molar-refractivity contribution < 1.29 is 0 Å². The van der Waals surface area contributed by atoms with Gasteiger partial charge in [-0.1, -0.05) is 25.1 Å². The molecule has 23 heavy (non-hydrogen) atoms. The molecule has 0 spiro atoms. The summed E-state index contributed by atoms with van der Waals surface area (Å²) in [6.07, 6.45) is 9.84. The molecule has 4 aliphatic rings. The Bertz CT molecular complexity index is 560. The van der Waals surface area contributed by atoms with Crippen LogP contribution in [0.2, 0.25) is 0 Å². The highest BCUT2D eigenvalue weighted by Gasteiger charge is 2.50. The standard InChI is InChI=1S/C20H28N2S/c1-2-17-5-3-4-6-18(17)22-19(23)21-13-20-10-14-7-15(11-20)9-16(8-14)12-20/h3-6,14-16H,2,7-13H2,1H3,(H2,21,22,23). The molecule has 0 atom stereocenters. The summed E-state index contributed by atoms with van der Waals surface area (Å²) in [4.78, 5) is 0. The second-order valence-electron chi connectivity index (χ2n) is 8.24. The number of nitrogens with one attached hydrogen (secondary N) is 2. The van der Waals surface area contributed by atoms with Gasteiger partial charge in [0.25, 0.3) is 0 Å². The molecular weight excluding hydrogens is 300 g/mol. The lowest BCUT2D eigenvalue weighted by Crippen LogP contribution is -2.51. The molecule has 1 aromatic carbocycles. The van der Waals surface area contributed by atoms with Crippen LogP contribution in [0.3, 0.4) is 0 Å². The fourth-order valence-electron chi connectivity index (χ4n) is 5.89. The van der Waals surface area contributed by atoms with E-state index in [-0.39, 0.29) is 0 Å². The number of hydrogen-bond donors (Lipinski definition) is 2. The average Bonchev–Trinajstić information content (AvgIpc) is 2.52. The van der Waals surface area contributed by atoms with Gasteiger partial charge in [-0.05, 0) is 92.0 Å². The molecule has 5 rings (SSSR count). The van der Waals surface area contributed by atoms with E-state index in [0.29, 0.717) is 5.41 Å². The summed E-state index contributed by atoms with van der Waals surface area (Å²) < 4.78 is 0. The smallest absolute Gasteiger partial charge is 0.170 e. The van der Waals surface area contributed by atoms with Gasteiger partial charge in [0.15, 0.2) is 5.11 Å². The Morgan fingerprint density at radius 3 is 2.30 bits per heavy atom. The molecule has 124 valence electrons. The van der Waals surface area contributed by atoms with E-state index >= 15 is 0 Å². The van der Waals surface area contributed by atoms with Gasteiger partial charge >= 0.3 is 0 Å². The van der Waals surface area contributed by atoms with E-state index in [2.05, 4.69) is 41.8 Å². The van der Waals surface area contributed by atoms with Crippen LogP contribution in [0.15, 0.2) is 24.3 Å². The molecule has 4 fully saturated rings. The summed E-state index contributed by atoms with van der Waals surface area (Å²) in [5.41, 5.74) is 3.01. The van der Waals surface area contributed by atoms with Crippen molar-refractivity contribution in [3.63, 3.8) is 0 Å². The summed E-state index contributed by atoms with van der Waals surface area (Å²) in [5, 5.41) is 7.77. The van der Waals surface area contributed by atoms with Gasteiger partial charge in [0.1, 0.15) is 0 Å². The highest BCUT2D eigenvalue weighted by molar-refractivity contribution is 7.80. The van der Waals surface area contributed by atoms with Crippen LogP contribution in [0.1, 0.15) is 51.0 Å². The number of para-hydroxylation sites is 1. The zero-order chi connectivity index (χ0) is 15.9. The quantitative estimate of drug-likeness (QED) is 0.780. The van der Waals surface area contributed by atoms with Crippen molar-refractivity contribution in [2.75, 3.05) is 11.9 Å². The van der Waals surface area contributed by atoms with Crippen molar-refractivity contribution in [3.8, 4) is 0 Å². The Morgan fingerprint density at radius 2 is 1.70 bits per heavy atom. The molecule has 2 N–H and O–H groups in total. The molecule has 0 unspecified atom stereocenters. The van der Waals surface area contributed by atoms with Crippen molar-refractivity contribution in [1.29, 1.82) is 0 Å². The maximum Gasteiger partial charge on any atom is 0.170 e. The van der Waals surface area contributed by atoms with E-state index in [0.717, 1.165) is 41.5 Å². The topological polar surface area (TPSA) is 24.1 Å². The van der Waals surface area contributed by atoms with E-state index < -0.39 is 0 Å². The minimum Gasteiger partial charge on any atom is -0.362 e. The van der Waals surface area contributed by atoms with Gasteiger partial charge in [0.05, 0.1) is 0 Å². The number of thiocarbonyl (C=S) groups is 1. The molecule has 4 saturated carbocycles. The van der Waals surface area contributed by atoms with Crippen LogP contribution in [0, 0.1) is 23.2 Å². The van der Waals surface area contributed by atoms with E-state index in [1.807, 2.05) is 0 Å². The third-order valence-corrected chi connectivity index (χ3v) is 6.68. The van der Waals surface area contributed by atoms with Gasteiger partial charge in [-0.2, -0.15) is 0 Å². The van der Waals surface area contributed by atoms with Crippen LogP contribution in [0.5, 0.6) is 0 Å². The fourth-order valence-corrected chi connectivity index (χ4v) is 6.07. The van der Waals surface area contributed by atoms with Crippen LogP contribution in [-0.2, 0) is 6.42 Å². The first-order valence-corrected chi connectivity index (χ1v) is 9.69. The molecular formula is C20H28N2S. The largest absolute Gasteiger partial charge is 0.362 e. The molecule has 4 aliphatic carbocycles. The number of benzene rings is 1. The van der Waals surface area contributed by atoms with Gasteiger partial charge in [0.2, 0.25) is 0 Å². The highest BCUT2D eigenvalue weighted by Crippen LogP contribution is 2.59. The molecule has 1 aromatic rings. The first-order chi connectivity index (χ1) is 11.2. The molecule has 0 aromatic heterocycles. The SMILES string of the molecule is CCc1ccccc1NC(=S)NCC12CC3CC(CC(C3)C1)C2. The van der Waals surface area contributed by atoms with E-state index in [1.54, 1.807) is 0 Å². The van der Waals surface area contributed by atoms with Gasteiger partial charge in [0, 0.05) is 12.2 Å². The lowest BCUT2D eigenvalue weighted by molar-refractivity contribution is -0.0490. The minimum absolute atomic E-state index is 0.533. The van der Waals surface area contributed by atoms with Gasteiger partial charge in [-0.25, -0.2) is 0 Å². The summed E-state index contributed by atoms with van der Waals surface area (Å²) in [6.45, 7) is 3.25. The van der Waals surface area contributed by atoms with Crippen molar-refractivity contribution >= 4 is 23.0 Å². The maximum absolute atomic E-state index is 5.58. The van der Waals surface area contributed by atoms with Gasteiger partial charge < -0.3 is 10.6 Å². The summed E-state index contributed by atoms with van der Waals surface area (Å²) >= 11 is 5.58. The predicted octanol–water partition coefficient (Wildman–Crippen LogP) is 4.75. The van der Waals surface area contributed by atoms with Gasteiger partial charge in [-0.3, -0.25) is 0 Å². The van der Waals surface area contributed by atoms with Crippen molar-refractivity contribution in [2.45, 2.75) is 51.9 Å². The van der Waals surface area contributed by atoms with Crippen LogP contribution in [-0.4, -0.2) is 11.7 Å². The molecule has 0 aliphatic heterocycles. The molecule has 3 heteroatoms. The van der Waals surface area contributed by atoms with Crippen LogP contribution < -0.4 is 10.6 Å².